The average molecular weight is 193 g/mol. The molecule has 1 radical (unpaired) electrons. The first-order valence-corrected chi connectivity index (χ1v) is 5.53. The number of hydrogen-bond acceptors (Lipinski definition) is 2. The van der Waals surface area contributed by atoms with E-state index in [0.29, 0.717) is 42.2 Å². The fourth-order valence-corrected chi connectivity index (χ4v) is 2.80. The summed E-state index contributed by atoms with van der Waals surface area (Å²) >= 11 is 0. The van der Waals surface area contributed by atoms with E-state index in [4.69, 9.17) is 0 Å². The molecule has 2 aliphatic carbocycles. The Hall–Kier alpha value is -0.660. The maximum absolute atomic E-state index is 11.1. The minimum atomic E-state index is 0.327. The molecule has 0 amide bonds. The van der Waals surface area contributed by atoms with Crippen molar-refractivity contribution < 1.29 is 9.59 Å². The number of rotatable bonds is 2. The molecule has 2 rings (SSSR count). The Morgan fingerprint density at radius 1 is 1.00 bits per heavy atom. The van der Waals surface area contributed by atoms with Gasteiger partial charge >= 0.3 is 0 Å². The Kier molecular flexibility index (Phi) is 2.71. The zero-order valence-electron chi connectivity index (χ0n) is 8.50. The monoisotopic (exact) mass is 193 g/mol. The maximum Gasteiger partial charge on any atom is 0.133 e. The molecule has 2 fully saturated rings. The Balaban J connectivity index is 1.91. The average Bonchev–Trinajstić information content (AvgIpc) is 2.73. The number of carbonyl (C=O) groups is 2. The number of Topliss-reactive ketones (excluding diaryl/α,β-unsaturated/α-hetero) is 2. The van der Waals surface area contributed by atoms with Crippen LogP contribution in [0.1, 0.15) is 38.5 Å². The van der Waals surface area contributed by atoms with E-state index >= 15 is 0 Å². The van der Waals surface area contributed by atoms with Crippen LogP contribution in [-0.4, -0.2) is 11.6 Å². The molecular formula is C12H17O2. The lowest BCUT2D eigenvalue weighted by atomic mass is 9.81. The third-order valence-corrected chi connectivity index (χ3v) is 3.78. The molecule has 0 aliphatic heterocycles. The van der Waals surface area contributed by atoms with E-state index in [2.05, 4.69) is 6.92 Å². The fraction of sp³-hybridized carbons (Fsp3) is 0.750. The molecule has 2 heteroatoms. The Morgan fingerprint density at radius 2 is 1.43 bits per heavy atom. The van der Waals surface area contributed by atoms with Crippen LogP contribution in [0.5, 0.6) is 0 Å². The van der Waals surface area contributed by atoms with Crippen LogP contribution in [0.4, 0.5) is 0 Å². The van der Waals surface area contributed by atoms with Crippen molar-refractivity contribution in [2.45, 2.75) is 38.5 Å². The molecule has 2 unspecified atom stereocenters. The summed E-state index contributed by atoms with van der Waals surface area (Å²) in [6.45, 7) is 4.17. The Bertz CT molecular complexity index is 231. The first kappa shape index (κ1) is 9.88. The zero-order valence-corrected chi connectivity index (χ0v) is 8.50. The normalized spacial score (nSPS) is 35.2. The van der Waals surface area contributed by atoms with Gasteiger partial charge in [-0.3, -0.25) is 9.59 Å². The van der Waals surface area contributed by atoms with Crippen molar-refractivity contribution in [3.63, 3.8) is 0 Å². The highest BCUT2D eigenvalue weighted by molar-refractivity contribution is 5.81. The van der Waals surface area contributed by atoms with E-state index in [-0.39, 0.29) is 0 Å². The molecule has 2 nitrogen and oxygen atoms in total. The second-order valence-corrected chi connectivity index (χ2v) is 4.75. The smallest absolute Gasteiger partial charge is 0.133 e. The van der Waals surface area contributed by atoms with Crippen LogP contribution in [0.25, 0.3) is 0 Å². The molecule has 2 saturated carbocycles. The lowest BCUT2D eigenvalue weighted by Gasteiger charge is -2.23. The van der Waals surface area contributed by atoms with Crippen LogP contribution in [0.2, 0.25) is 0 Å². The van der Waals surface area contributed by atoms with E-state index in [1.807, 2.05) is 0 Å². The molecule has 0 N–H and O–H groups in total. The van der Waals surface area contributed by atoms with Crippen molar-refractivity contribution in [2.24, 2.45) is 17.8 Å². The molecule has 0 aromatic heterocycles. The minimum absolute atomic E-state index is 0.327. The molecule has 14 heavy (non-hydrogen) atoms. The molecule has 0 heterocycles. The molecule has 2 atom stereocenters. The van der Waals surface area contributed by atoms with Crippen molar-refractivity contribution >= 4 is 11.6 Å². The number of hydrogen-bond donors (Lipinski definition) is 0. The predicted octanol–water partition coefficient (Wildman–Crippen LogP) is 2.18. The van der Waals surface area contributed by atoms with Crippen LogP contribution < -0.4 is 0 Å². The molecular weight excluding hydrogens is 176 g/mol. The van der Waals surface area contributed by atoms with Gasteiger partial charge in [0.2, 0.25) is 0 Å². The fourth-order valence-electron chi connectivity index (χ4n) is 2.80. The van der Waals surface area contributed by atoms with Gasteiger partial charge in [0.15, 0.2) is 0 Å². The lowest BCUT2D eigenvalue weighted by molar-refractivity contribution is -0.118. The molecule has 0 spiro atoms. The summed E-state index contributed by atoms with van der Waals surface area (Å²) < 4.78 is 0. The van der Waals surface area contributed by atoms with Crippen LogP contribution >= 0.6 is 0 Å². The SMILES string of the molecule is [CH2]C(C1CCC(=O)C1)C1CCC(=O)C1. The third-order valence-electron chi connectivity index (χ3n) is 3.78. The Labute approximate surface area is 85.1 Å². The van der Waals surface area contributed by atoms with Gasteiger partial charge in [-0.05, 0) is 37.5 Å². The number of carbonyl (C=O) groups excluding carboxylic acids is 2. The summed E-state index contributed by atoms with van der Waals surface area (Å²) in [5.41, 5.74) is 0. The van der Waals surface area contributed by atoms with E-state index in [1.54, 1.807) is 0 Å². The molecule has 0 bridgehead atoms. The molecule has 0 aromatic carbocycles. The third kappa shape index (κ3) is 1.89. The first-order valence-electron chi connectivity index (χ1n) is 5.53. The van der Waals surface area contributed by atoms with Gasteiger partial charge in [0.1, 0.15) is 11.6 Å². The van der Waals surface area contributed by atoms with Crippen molar-refractivity contribution in [3.05, 3.63) is 6.92 Å². The second-order valence-electron chi connectivity index (χ2n) is 4.75. The van der Waals surface area contributed by atoms with Gasteiger partial charge in [-0.2, -0.15) is 0 Å². The zero-order chi connectivity index (χ0) is 10.1. The van der Waals surface area contributed by atoms with E-state index in [0.717, 1.165) is 25.7 Å². The molecule has 0 aromatic rings. The molecule has 0 saturated heterocycles. The van der Waals surface area contributed by atoms with Crippen molar-refractivity contribution in [1.29, 1.82) is 0 Å². The topological polar surface area (TPSA) is 34.1 Å². The van der Waals surface area contributed by atoms with Crippen LogP contribution in [0, 0.1) is 24.7 Å². The quantitative estimate of drug-likeness (QED) is 0.673. The van der Waals surface area contributed by atoms with Gasteiger partial charge in [0.05, 0.1) is 0 Å². The van der Waals surface area contributed by atoms with Gasteiger partial charge in [0, 0.05) is 25.7 Å². The summed E-state index contributed by atoms with van der Waals surface area (Å²) in [5.74, 6) is 2.01. The second kappa shape index (κ2) is 3.84. The van der Waals surface area contributed by atoms with Gasteiger partial charge < -0.3 is 0 Å². The van der Waals surface area contributed by atoms with Crippen molar-refractivity contribution in [1.82, 2.24) is 0 Å². The first-order chi connectivity index (χ1) is 6.66. The van der Waals surface area contributed by atoms with Crippen molar-refractivity contribution in [2.75, 3.05) is 0 Å². The van der Waals surface area contributed by atoms with Gasteiger partial charge in [0.25, 0.3) is 0 Å². The lowest BCUT2D eigenvalue weighted by Crippen LogP contribution is -2.17. The molecule has 2 aliphatic rings. The van der Waals surface area contributed by atoms with Gasteiger partial charge in [-0.25, -0.2) is 0 Å². The summed E-state index contributed by atoms with van der Waals surface area (Å²) in [6, 6.07) is 0. The summed E-state index contributed by atoms with van der Waals surface area (Å²) in [4.78, 5) is 22.3. The standard InChI is InChI=1S/C12H17O2/c1-8(9-2-4-11(13)6-9)10-3-5-12(14)7-10/h8-10H,1-7H2. The van der Waals surface area contributed by atoms with Crippen molar-refractivity contribution in [3.8, 4) is 0 Å². The minimum Gasteiger partial charge on any atom is -0.300 e. The highest BCUT2D eigenvalue weighted by atomic mass is 16.1. The van der Waals surface area contributed by atoms with E-state index < -0.39 is 0 Å². The summed E-state index contributed by atoms with van der Waals surface area (Å²) in [6.07, 6.45) is 4.88. The highest BCUT2D eigenvalue weighted by Gasteiger charge is 2.34. The highest BCUT2D eigenvalue weighted by Crippen LogP contribution is 2.38. The van der Waals surface area contributed by atoms with Gasteiger partial charge in [-0.15, -0.1) is 0 Å². The maximum atomic E-state index is 11.1. The van der Waals surface area contributed by atoms with E-state index in [1.165, 1.54) is 0 Å². The largest absolute Gasteiger partial charge is 0.300 e. The summed E-state index contributed by atoms with van der Waals surface area (Å²) in [5, 5.41) is 0. The van der Waals surface area contributed by atoms with E-state index in [9.17, 15) is 9.59 Å². The van der Waals surface area contributed by atoms with Gasteiger partial charge in [-0.1, -0.05) is 0 Å². The van der Waals surface area contributed by atoms with Crippen LogP contribution in [-0.2, 0) is 9.59 Å². The Morgan fingerprint density at radius 3 is 1.71 bits per heavy atom. The molecule has 77 valence electrons. The van der Waals surface area contributed by atoms with Crippen LogP contribution in [0.3, 0.4) is 0 Å². The number of ketones is 2. The summed E-state index contributed by atoms with van der Waals surface area (Å²) in [7, 11) is 0. The van der Waals surface area contributed by atoms with Crippen LogP contribution in [0.15, 0.2) is 0 Å². The predicted molar refractivity (Wildman–Crippen MR) is 53.5 cm³/mol.